The van der Waals surface area contributed by atoms with Gasteiger partial charge in [0.15, 0.2) is 11.4 Å². The van der Waals surface area contributed by atoms with Gasteiger partial charge in [-0.05, 0) is 48.2 Å². The number of aromatic nitrogens is 2. The summed E-state index contributed by atoms with van der Waals surface area (Å²) >= 11 is 0. The maximum atomic E-state index is 9.49. The van der Waals surface area contributed by atoms with Crippen LogP contribution >= 0.6 is 0 Å². The van der Waals surface area contributed by atoms with Crippen molar-refractivity contribution in [3.8, 4) is 51.8 Å². The van der Waals surface area contributed by atoms with Gasteiger partial charge in [0, 0.05) is 11.1 Å². The van der Waals surface area contributed by atoms with Gasteiger partial charge in [-0.3, -0.25) is 0 Å². The normalized spacial score (nSPS) is 12.4. The van der Waals surface area contributed by atoms with Gasteiger partial charge in [0.1, 0.15) is 29.2 Å². The molecule has 34 heavy (non-hydrogen) atoms. The first kappa shape index (κ1) is 20.8. The lowest BCUT2D eigenvalue weighted by Crippen LogP contribution is -2.05. The van der Waals surface area contributed by atoms with Crippen LogP contribution in [0.25, 0.3) is 33.5 Å². The molecule has 0 N–H and O–H groups in total. The highest BCUT2D eigenvalue weighted by atomic mass is 14.9. The molecule has 0 spiro atoms. The molecule has 1 aliphatic carbocycles. The summed E-state index contributed by atoms with van der Waals surface area (Å²) in [7, 11) is 0. The first-order chi connectivity index (χ1) is 16.5. The lowest BCUT2D eigenvalue weighted by Gasteiger charge is -2.14. The highest BCUT2D eigenvalue weighted by molar-refractivity contribution is 6.24. The molecular weight excluding hydrogens is 420 g/mol. The third-order valence-electron chi connectivity index (χ3n) is 5.89. The smallest absolute Gasteiger partial charge is 0.206 e. The van der Waals surface area contributed by atoms with Gasteiger partial charge in [-0.2, -0.15) is 20.8 Å². The fourth-order valence-corrected chi connectivity index (χ4v) is 4.17. The quantitative estimate of drug-likeness (QED) is 0.341. The second-order valence-corrected chi connectivity index (χ2v) is 8.08. The molecule has 0 unspecified atom stereocenters. The molecule has 0 aliphatic heterocycles. The topological polar surface area (TPSA) is 110 Å². The van der Waals surface area contributed by atoms with E-state index < -0.39 is 0 Å². The van der Waals surface area contributed by atoms with Gasteiger partial charge in [-0.15, -0.1) is 0 Å². The molecule has 158 valence electrons. The van der Waals surface area contributed by atoms with Gasteiger partial charge >= 0.3 is 0 Å². The third kappa shape index (κ3) is 3.30. The van der Waals surface area contributed by atoms with Crippen LogP contribution < -0.4 is 0 Å². The molecule has 5 rings (SSSR count). The van der Waals surface area contributed by atoms with Crippen LogP contribution in [0.15, 0.2) is 65.7 Å². The average Bonchev–Trinajstić information content (AvgIpc) is 3.15. The Morgan fingerprint density at radius 2 is 1.09 bits per heavy atom. The van der Waals surface area contributed by atoms with Crippen molar-refractivity contribution in [2.75, 3.05) is 0 Å². The van der Waals surface area contributed by atoms with Crippen LogP contribution in [0.4, 0.5) is 0 Å². The van der Waals surface area contributed by atoms with Gasteiger partial charge in [0.05, 0.1) is 0 Å². The molecule has 1 aromatic heterocycles. The van der Waals surface area contributed by atoms with Crippen molar-refractivity contribution in [1.29, 1.82) is 15.8 Å². The number of aryl methyl sites for hydroxylation is 2. The number of hydrogen-bond acceptors (Lipinski definition) is 6. The van der Waals surface area contributed by atoms with Crippen LogP contribution in [0.1, 0.15) is 33.8 Å². The third-order valence-corrected chi connectivity index (χ3v) is 5.89. The van der Waals surface area contributed by atoms with E-state index in [9.17, 15) is 15.8 Å². The van der Waals surface area contributed by atoms with Crippen LogP contribution in [0.3, 0.4) is 0 Å². The number of fused-ring (bicyclic) bond motifs is 3. The van der Waals surface area contributed by atoms with E-state index in [1.807, 2.05) is 44.3 Å². The second-order valence-electron chi connectivity index (χ2n) is 8.08. The number of rotatable bonds is 2. The Morgan fingerprint density at radius 1 is 0.618 bits per heavy atom. The molecule has 4 aromatic rings. The summed E-state index contributed by atoms with van der Waals surface area (Å²) in [6.45, 7) is 4.08. The molecular formula is C28H16N6. The van der Waals surface area contributed by atoms with Crippen molar-refractivity contribution in [2.45, 2.75) is 13.8 Å². The van der Waals surface area contributed by atoms with Crippen LogP contribution in [0.2, 0.25) is 0 Å². The Bertz CT molecular complexity index is 1620. The summed E-state index contributed by atoms with van der Waals surface area (Å²) in [5.41, 5.74) is 8.74. The van der Waals surface area contributed by atoms with E-state index in [1.165, 1.54) is 0 Å². The second kappa shape index (κ2) is 8.10. The van der Waals surface area contributed by atoms with Gasteiger partial charge < -0.3 is 0 Å². The zero-order valence-electron chi connectivity index (χ0n) is 18.5. The lowest BCUT2D eigenvalue weighted by atomic mass is 9.89. The van der Waals surface area contributed by atoms with Crippen LogP contribution in [0.5, 0.6) is 0 Å². The first-order valence-corrected chi connectivity index (χ1v) is 10.6. The predicted molar refractivity (Wildman–Crippen MR) is 128 cm³/mol. The van der Waals surface area contributed by atoms with E-state index in [1.54, 1.807) is 0 Å². The first-order valence-electron chi connectivity index (χ1n) is 10.6. The Labute approximate surface area is 196 Å². The summed E-state index contributed by atoms with van der Waals surface area (Å²) < 4.78 is 0. The van der Waals surface area contributed by atoms with Crippen molar-refractivity contribution in [2.24, 2.45) is 4.99 Å². The Balaban J connectivity index is 1.86. The maximum absolute atomic E-state index is 9.49. The summed E-state index contributed by atoms with van der Waals surface area (Å²) in [4.78, 5) is 12.8. The summed E-state index contributed by atoms with van der Waals surface area (Å²) in [6, 6.07) is 24.4. The van der Waals surface area contributed by atoms with Gasteiger partial charge in [0.25, 0.3) is 0 Å². The summed E-state index contributed by atoms with van der Waals surface area (Å²) in [5, 5.41) is 28.3. The van der Waals surface area contributed by atoms with Crippen LogP contribution in [-0.2, 0) is 0 Å². The number of hydrogen-bond donors (Lipinski definition) is 0. The summed E-state index contributed by atoms with van der Waals surface area (Å²) in [5.74, 6) is 0. The Kier molecular flexibility index (Phi) is 4.94. The largest absolute Gasteiger partial charge is 0.232 e. The fraction of sp³-hybridized carbons (Fsp3) is 0.0714. The van der Waals surface area contributed by atoms with Gasteiger partial charge in [0.2, 0.25) is 6.19 Å². The molecule has 0 radical (unpaired) electrons. The monoisotopic (exact) mass is 436 g/mol. The molecule has 0 amide bonds. The van der Waals surface area contributed by atoms with Crippen molar-refractivity contribution in [3.05, 3.63) is 94.4 Å². The molecule has 6 heteroatoms. The molecule has 0 saturated carbocycles. The molecule has 1 aliphatic rings. The van der Waals surface area contributed by atoms with Crippen LogP contribution in [-0.4, -0.2) is 15.7 Å². The molecule has 0 fully saturated rings. The number of aliphatic imine (C=N–C) groups is 1. The van der Waals surface area contributed by atoms with E-state index in [4.69, 9.17) is 0 Å². The van der Waals surface area contributed by atoms with E-state index in [0.717, 1.165) is 38.9 Å². The standard InChI is InChI=1S/C28H16N6/c1-16-3-7-18(8-4-16)20-11-22-23(12-21(20)19-9-5-17(2)6-10-19)27-28(26(22)32-15-31)34-25(14-30)24(13-29)33-27/h3-12H,1-2H3. The van der Waals surface area contributed by atoms with Crippen molar-refractivity contribution in [1.82, 2.24) is 9.97 Å². The van der Waals surface area contributed by atoms with Crippen molar-refractivity contribution in [3.63, 3.8) is 0 Å². The van der Waals surface area contributed by atoms with E-state index in [-0.39, 0.29) is 11.4 Å². The molecule has 0 bridgehead atoms. The van der Waals surface area contributed by atoms with E-state index >= 15 is 0 Å². The Hall–Kier alpha value is -5.12. The Morgan fingerprint density at radius 3 is 1.56 bits per heavy atom. The fourth-order valence-electron chi connectivity index (χ4n) is 4.17. The molecule has 0 saturated heterocycles. The molecule has 1 heterocycles. The highest BCUT2D eigenvalue weighted by Gasteiger charge is 2.31. The van der Waals surface area contributed by atoms with Crippen molar-refractivity contribution >= 4 is 5.71 Å². The molecule has 0 atom stereocenters. The molecule has 3 aromatic carbocycles. The lowest BCUT2D eigenvalue weighted by molar-refractivity contribution is 1.13. The minimum Gasteiger partial charge on any atom is -0.232 e. The zero-order valence-corrected chi connectivity index (χ0v) is 18.5. The van der Waals surface area contributed by atoms with E-state index in [0.29, 0.717) is 22.7 Å². The minimum absolute atomic E-state index is 0.0510. The maximum Gasteiger partial charge on any atom is 0.206 e. The van der Waals surface area contributed by atoms with Gasteiger partial charge in [-0.1, -0.05) is 59.7 Å². The van der Waals surface area contributed by atoms with Crippen LogP contribution in [0, 0.1) is 48.0 Å². The average molecular weight is 436 g/mol. The SMILES string of the molecule is Cc1ccc(-c2cc3c(cc2-c2ccc(C)cc2)-c2nc(C#N)c(C#N)nc2C3=NC#N)cc1. The van der Waals surface area contributed by atoms with E-state index in [2.05, 4.69) is 63.5 Å². The van der Waals surface area contributed by atoms with Crippen molar-refractivity contribution < 1.29 is 0 Å². The predicted octanol–water partition coefficient (Wildman–Crippen LogP) is 5.47. The van der Waals surface area contributed by atoms with Gasteiger partial charge in [-0.25, -0.2) is 9.97 Å². The number of nitriles is 3. The minimum atomic E-state index is -0.0859. The number of benzene rings is 3. The molecule has 6 nitrogen and oxygen atoms in total. The highest BCUT2D eigenvalue weighted by Crippen LogP contribution is 2.43. The zero-order chi connectivity index (χ0) is 23.8. The summed E-state index contributed by atoms with van der Waals surface area (Å²) in [6.07, 6.45) is 1.85. The number of nitrogens with zero attached hydrogens (tertiary/aromatic N) is 6.